The Labute approximate surface area is 258 Å². The summed E-state index contributed by atoms with van der Waals surface area (Å²) in [7, 11) is -2.41. The number of nitrogens with one attached hydrogen (secondary N) is 1. The highest BCUT2D eigenvalue weighted by molar-refractivity contribution is 7.90. The molecule has 0 bridgehead atoms. The molecule has 1 N–H and O–H groups in total. The van der Waals surface area contributed by atoms with Crippen LogP contribution < -0.4 is 10.9 Å². The number of aromatic nitrogens is 4. The summed E-state index contributed by atoms with van der Waals surface area (Å²) in [6.07, 6.45) is 2.72. The predicted octanol–water partition coefficient (Wildman–Crippen LogP) is 5.55. The van der Waals surface area contributed by atoms with Gasteiger partial charge in [0.15, 0.2) is 0 Å². The third-order valence-corrected chi connectivity index (χ3v) is 9.93. The molecule has 6 aromatic rings. The van der Waals surface area contributed by atoms with Gasteiger partial charge in [-0.05, 0) is 60.0 Å². The number of morpholine rings is 1. The third-order valence-electron chi connectivity index (χ3n) is 8.07. The van der Waals surface area contributed by atoms with Gasteiger partial charge in [0, 0.05) is 42.3 Å². The lowest BCUT2D eigenvalue weighted by Crippen LogP contribution is -2.37. The van der Waals surface area contributed by atoms with Gasteiger partial charge in [-0.3, -0.25) is 4.79 Å². The third kappa shape index (κ3) is 4.80. The molecule has 11 heteroatoms. The van der Waals surface area contributed by atoms with E-state index in [9.17, 15) is 13.2 Å². The zero-order chi connectivity index (χ0) is 30.6. The van der Waals surface area contributed by atoms with Gasteiger partial charge in [-0.15, -0.1) is 0 Å². The van der Waals surface area contributed by atoms with Crippen molar-refractivity contribution in [3.05, 3.63) is 124 Å². The summed E-state index contributed by atoms with van der Waals surface area (Å²) in [6.45, 7) is 3.08. The minimum Gasteiger partial charge on any atom is -0.369 e. The van der Waals surface area contributed by atoms with E-state index in [-0.39, 0.29) is 21.7 Å². The van der Waals surface area contributed by atoms with Gasteiger partial charge in [-0.25, -0.2) is 22.4 Å². The average Bonchev–Trinajstić information content (AvgIpc) is 3.49. The van der Waals surface area contributed by atoms with E-state index >= 15 is 0 Å². The molecule has 1 unspecified atom stereocenters. The van der Waals surface area contributed by atoms with Crippen molar-refractivity contribution in [2.75, 3.05) is 13.2 Å². The average molecular weight is 626 g/mol. The van der Waals surface area contributed by atoms with E-state index in [4.69, 9.17) is 16.3 Å². The van der Waals surface area contributed by atoms with Crippen LogP contribution in [0, 0.1) is 6.92 Å². The highest BCUT2D eigenvalue weighted by Gasteiger charge is 2.32. The molecule has 0 aliphatic carbocycles. The predicted molar refractivity (Wildman–Crippen MR) is 170 cm³/mol. The zero-order valence-corrected chi connectivity index (χ0v) is 25.5. The molecule has 1 saturated heterocycles. The molecule has 3 aromatic heterocycles. The summed E-state index contributed by atoms with van der Waals surface area (Å²) in [6, 6.07) is 23.8. The van der Waals surface area contributed by atoms with E-state index in [1.807, 2.05) is 55.5 Å². The molecule has 7 rings (SSSR count). The van der Waals surface area contributed by atoms with Crippen molar-refractivity contribution < 1.29 is 13.2 Å². The fraction of sp³-hybridized carbons (Fsp3) is 0.182. The first-order valence-electron chi connectivity index (χ1n) is 14.1. The molecule has 0 saturated carbocycles. The van der Waals surface area contributed by atoms with Crippen LogP contribution in [0.15, 0.2) is 101 Å². The number of hydrogen-bond acceptors (Lipinski definition) is 7. The smallest absolute Gasteiger partial charge is 0.275 e. The van der Waals surface area contributed by atoms with E-state index in [1.165, 1.54) is 10.8 Å². The Balaban J connectivity index is 1.41. The van der Waals surface area contributed by atoms with Crippen LogP contribution in [0.4, 0.5) is 0 Å². The first-order chi connectivity index (χ1) is 21.2. The molecule has 0 amide bonds. The summed E-state index contributed by atoms with van der Waals surface area (Å²) in [5, 5.41) is 4.93. The first-order valence-corrected chi connectivity index (χ1v) is 15.9. The fourth-order valence-electron chi connectivity index (χ4n) is 5.88. The number of benzene rings is 3. The van der Waals surface area contributed by atoms with Crippen LogP contribution in [0.5, 0.6) is 0 Å². The van der Waals surface area contributed by atoms with Crippen LogP contribution in [0.1, 0.15) is 29.0 Å². The van der Waals surface area contributed by atoms with Crippen LogP contribution in [-0.2, 0) is 21.8 Å². The van der Waals surface area contributed by atoms with Gasteiger partial charge in [0.05, 0.1) is 28.8 Å². The number of ether oxygens (including phenoxy) is 1. The van der Waals surface area contributed by atoms with Crippen LogP contribution >= 0.6 is 11.6 Å². The molecule has 3 aromatic carbocycles. The maximum Gasteiger partial charge on any atom is 0.275 e. The van der Waals surface area contributed by atoms with Crippen molar-refractivity contribution in [2.45, 2.75) is 24.0 Å². The maximum atomic E-state index is 13.7. The fourth-order valence-corrected chi connectivity index (χ4v) is 7.41. The van der Waals surface area contributed by atoms with Gasteiger partial charge in [-0.2, -0.15) is 0 Å². The molecule has 1 aliphatic rings. The van der Waals surface area contributed by atoms with Gasteiger partial charge in [0.2, 0.25) is 5.28 Å². The summed E-state index contributed by atoms with van der Waals surface area (Å²) in [5.74, 6) is 0. The van der Waals surface area contributed by atoms with Gasteiger partial charge in [0.25, 0.3) is 15.6 Å². The molecule has 0 radical (unpaired) electrons. The quantitative estimate of drug-likeness (QED) is 0.250. The molecule has 9 nitrogen and oxygen atoms in total. The highest BCUT2D eigenvalue weighted by Crippen LogP contribution is 2.39. The number of fused-ring (bicyclic) bond motifs is 2. The first kappa shape index (κ1) is 28.4. The van der Waals surface area contributed by atoms with Crippen LogP contribution in [0.25, 0.3) is 32.9 Å². The molecular weight excluding hydrogens is 598 g/mol. The standard InChI is InChI=1S/C33H28ClN5O4S/c1-20-8-11-23(12-9-20)44(41,42)39-16-14-24-26(19-38(2)32(40)30(24)39)22-10-13-27-25(18-22)29(37-33(34)36-27)31-28(35-15-17-43-31)21-6-4-3-5-7-21/h3-14,16,18-19,28,31,35H,15,17H2,1-2H3/t28?,31-/m0/s1. The van der Waals surface area contributed by atoms with Crippen molar-refractivity contribution in [3.63, 3.8) is 0 Å². The molecule has 44 heavy (non-hydrogen) atoms. The normalized spacial score (nSPS) is 17.3. The molecule has 2 atom stereocenters. The topological polar surface area (TPSA) is 108 Å². The summed E-state index contributed by atoms with van der Waals surface area (Å²) in [4.78, 5) is 22.7. The molecule has 1 aliphatic heterocycles. The second-order valence-corrected chi connectivity index (χ2v) is 13.0. The Kier molecular flexibility index (Phi) is 7.09. The minimum atomic E-state index is -4.03. The lowest BCUT2D eigenvalue weighted by Gasteiger charge is -2.33. The molecular formula is C33H28ClN5O4S. The summed E-state index contributed by atoms with van der Waals surface area (Å²) >= 11 is 6.42. The summed E-state index contributed by atoms with van der Waals surface area (Å²) < 4.78 is 36.1. The van der Waals surface area contributed by atoms with E-state index < -0.39 is 21.7 Å². The number of nitrogens with zero attached hydrogens (tertiary/aromatic N) is 4. The van der Waals surface area contributed by atoms with Gasteiger partial charge < -0.3 is 14.6 Å². The van der Waals surface area contributed by atoms with E-state index in [0.29, 0.717) is 35.3 Å². The van der Waals surface area contributed by atoms with Crippen molar-refractivity contribution >= 4 is 43.4 Å². The van der Waals surface area contributed by atoms with Gasteiger partial charge >= 0.3 is 0 Å². The largest absolute Gasteiger partial charge is 0.369 e. The Bertz CT molecular complexity index is 2210. The number of aryl methyl sites for hydroxylation is 2. The number of pyridine rings is 1. The second kappa shape index (κ2) is 11.0. The Morgan fingerprint density at radius 2 is 1.75 bits per heavy atom. The van der Waals surface area contributed by atoms with Crippen LogP contribution in [0.2, 0.25) is 5.28 Å². The van der Waals surface area contributed by atoms with Crippen LogP contribution in [-0.4, -0.2) is 40.1 Å². The minimum absolute atomic E-state index is 0.0715. The zero-order valence-electron chi connectivity index (χ0n) is 23.9. The summed E-state index contributed by atoms with van der Waals surface area (Å²) in [5.41, 5.74) is 4.38. The molecule has 222 valence electrons. The maximum absolute atomic E-state index is 13.7. The SMILES string of the molecule is Cc1ccc(S(=O)(=O)n2ccc3c(-c4ccc5nc(Cl)nc([C@H]6OCCNC6c6ccccc6)c5c4)cn(C)c(=O)c32)cc1. The van der Waals surface area contributed by atoms with Crippen LogP contribution in [0.3, 0.4) is 0 Å². The van der Waals surface area contributed by atoms with E-state index in [1.54, 1.807) is 43.6 Å². The molecule has 4 heterocycles. The van der Waals surface area contributed by atoms with Crippen molar-refractivity contribution in [1.29, 1.82) is 0 Å². The number of halogens is 1. The van der Waals surface area contributed by atoms with Gasteiger partial charge in [0.1, 0.15) is 11.6 Å². The number of hydrogen-bond donors (Lipinski definition) is 1. The Hall–Kier alpha value is -4.35. The highest BCUT2D eigenvalue weighted by atomic mass is 35.5. The Morgan fingerprint density at radius 1 is 0.977 bits per heavy atom. The Morgan fingerprint density at radius 3 is 2.52 bits per heavy atom. The van der Waals surface area contributed by atoms with Crippen molar-refractivity contribution in [1.82, 2.24) is 23.8 Å². The lowest BCUT2D eigenvalue weighted by atomic mass is 9.94. The molecule has 1 fully saturated rings. The monoisotopic (exact) mass is 625 g/mol. The molecule has 0 spiro atoms. The van der Waals surface area contributed by atoms with E-state index in [2.05, 4.69) is 15.3 Å². The van der Waals surface area contributed by atoms with Gasteiger partial charge in [-0.1, -0.05) is 54.1 Å². The second-order valence-electron chi connectivity index (χ2n) is 10.9. The van der Waals surface area contributed by atoms with Crippen molar-refractivity contribution in [3.8, 4) is 11.1 Å². The van der Waals surface area contributed by atoms with Crippen molar-refractivity contribution in [2.24, 2.45) is 7.05 Å². The number of rotatable bonds is 5. The van der Waals surface area contributed by atoms with E-state index in [0.717, 1.165) is 26.0 Å². The lowest BCUT2D eigenvalue weighted by molar-refractivity contribution is -0.00797.